The zero-order chi connectivity index (χ0) is 21.2. The third-order valence-corrected chi connectivity index (χ3v) is 4.74. The molecule has 2 aromatic rings. The van der Waals surface area contributed by atoms with Crippen LogP contribution in [0.2, 0.25) is 0 Å². The fourth-order valence-electron chi connectivity index (χ4n) is 2.82. The van der Waals surface area contributed by atoms with Gasteiger partial charge in [0.25, 0.3) is 5.91 Å². The van der Waals surface area contributed by atoms with E-state index >= 15 is 0 Å². The van der Waals surface area contributed by atoms with Gasteiger partial charge in [-0.2, -0.15) is 0 Å². The van der Waals surface area contributed by atoms with Crippen molar-refractivity contribution in [2.45, 2.75) is 52.6 Å². The predicted molar refractivity (Wildman–Crippen MR) is 116 cm³/mol. The minimum atomic E-state index is -0.600. The molecule has 0 radical (unpaired) electrons. The van der Waals surface area contributed by atoms with Gasteiger partial charge in [-0.05, 0) is 49.4 Å². The van der Waals surface area contributed by atoms with Crippen LogP contribution >= 0.6 is 0 Å². The molecule has 0 spiro atoms. The molecule has 2 amide bonds. The van der Waals surface area contributed by atoms with Crippen molar-refractivity contribution in [3.63, 3.8) is 0 Å². The van der Waals surface area contributed by atoms with Gasteiger partial charge >= 0.3 is 0 Å². The summed E-state index contributed by atoms with van der Waals surface area (Å²) in [5.74, 6) is 0.902. The second-order valence-electron chi connectivity index (χ2n) is 7.61. The van der Waals surface area contributed by atoms with Gasteiger partial charge in [-0.25, -0.2) is 0 Å². The lowest BCUT2D eigenvalue weighted by Crippen LogP contribution is -2.40. The highest BCUT2D eigenvalue weighted by molar-refractivity contribution is 5.81. The first-order valence-electron chi connectivity index (χ1n) is 10.2. The van der Waals surface area contributed by atoms with Crippen LogP contribution in [0.1, 0.15) is 49.8 Å². The van der Waals surface area contributed by atoms with E-state index in [1.165, 1.54) is 11.1 Å². The maximum Gasteiger partial charge on any atom is 0.260 e. The van der Waals surface area contributed by atoms with E-state index in [0.717, 1.165) is 5.56 Å². The summed E-state index contributed by atoms with van der Waals surface area (Å²) in [6, 6.07) is 16.0. The van der Waals surface area contributed by atoms with Gasteiger partial charge in [-0.15, -0.1) is 0 Å². The molecule has 0 bridgehead atoms. The average Bonchev–Trinajstić information content (AvgIpc) is 2.71. The molecule has 0 aromatic heterocycles. The van der Waals surface area contributed by atoms with Crippen molar-refractivity contribution in [3.05, 3.63) is 65.2 Å². The number of carbonyl (C=O) groups is 2. The van der Waals surface area contributed by atoms with Gasteiger partial charge in [0.15, 0.2) is 6.10 Å². The number of hydrogen-bond donors (Lipinski definition) is 2. The average molecular weight is 397 g/mol. The zero-order valence-corrected chi connectivity index (χ0v) is 17.8. The smallest absolute Gasteiger partial charge is 0.260 e. The number of rotatable bonds is 10. The predicted octanol–water partition coefficient (Wildman–Crippen LogP) is 3.75. The summed E-state index contributed by atoms with van der Waals surface area (Å²) in [5, 5.41) is 5.62. The van der Waals surface area contributed by atoms with Crippen LogP contribution in [0, 0.1) is 6.92 Å². The summed E-state index contributed by atoms with van der Waals surface area (Å²) in [6.45, 7) is 8.79. The summed E-state index contributed by atoms with van der Waals surface area (Å²) in [7, 11) is 0. The monoisotopic (exact) mass is 396 g/mol. The Morgan fingerprint density at radius 3 is 2.14 bits per heavy atom. The van der Waals surface area contributed by atoms with Crippen molar-refractivity contribution in [1.29, 1.82) is 0 Å². The third kappa shape index (κ3) is 7.98. The molecule has 2 aromatic carbocycles. The Morgan fingerprint density at radius 1 is 0.897 bits per heavy atom. The van der Waals surface area contributed by atoms with Crippen molar-refractivity contribution in [2.24, 2.45) is 0 Å². The van der Waals surface area contributed by atoms with Crippen molar-refractivity contribution < 1.29 is 14.3 Å². The van der Waals surface area contributed by atoms with Crippen LogP contribution in [0.5, 0.6) is 5.75 Å². The molecule has 156 valence electrons. The highest BCUT2D eigenvalue weighted by atomic mass is 16.5. The Labute approximate surface area is 173 Å². The molecular formula is C24H32N2O3. The van der Waals surface area contributed by atoms with Crippen molar-refractivity contribution in [3.8, 4) is 5.75 Å². The fourth-order valence-corrected chi connectivity index (χ4v) is 2.82. The standard InChI is InChI=1S/C24H32N2O3/c1-17(2)21-10-12-22(13-11-21)29-19(4)24(28)26-16-15-25-23(27)14-9-20-7-5-18(3)6-8-20/h5-8,10-13,17,19H,9,14-16H2,1-4H3,(H,25,27)(H,26,28). The summed E-state index contributed by atoms with van der Waals surface area (Å²) >= 11 is 0. The molecule has 0 saturated carbocycles. The normalized spacial score (nSPS) is 11.8. The number of carbonyl (C=O) groups excluding carboxylic acids is 2. The van der Waals surface area contributed by atoms with Crippen molar-refractivity contribution >= 4 is 11.8 Å². The Hall–Kier alpha value is -2.82. The van der Waals surface area contributed by atoms with E-state index in [9.17, 15) is 9.59 Å². The van der Waals surface area contributed by atoms with Crippen LogP contribution in [-0.2, 0) is 16.0 Å². The minimum absolute atomic E-state index is 0.0191. The second-order valence-corrected chi connectivity index (χ2v) is 7.61. The van der Waals surface area contributed by atoms with Gasteiger partial charge in [0.1, 0.15) is 5.75 Å². The summed E-state index contributed by atoms with van der Waals surface area (Å²) < 4.78 is 5.69. The largest absolute Gasteiger partial charge is 0.481 e. The van der Waals surface area contributed by atoms with E-state index in [2.05, 4.69) is 24.5 Å². The topological polar surface area (TPSA) is 67.4 Å². The molecule has 0 saturated heterocycles. The lowest BCUT2D eigenvalue weighted by molar-refractivity contribution is -0.127. The maximum absolute atomic E-state index is 12.2. The minimum Gasteiger partial charge on any atom is -0.481 e. The van der Waals surface area contributed by atoms with Gasteiger partial charge in [0.2, 0.25) is 5.91 Å². The number of aryl methyl sites for hydroxylation is 2. The molecule has 29 heavy (non-hydrogen) atoms. The van der Waals surface area contributed by atoms with Gasteiger partial charge in [0.05, 0.1) is 0 Å². The lowest BCUT2D eigenvalue weighted by Gasteiger charge is -2.15. The molecule has 2 rings (SSSR count). The van der Waals surface area contributed by atoms with E-state index in [1.54, 1.807) is 6.92 Å². The zero-order valence-electron chi connectivity index (χ0n) is 17.8. The van der Waals surface area contributed by atoms with Crippen molar-refractivity contribution in [2.75, 3.05) is 13.1 Å². The van der Waals surface area contributed by atoms with E-state index < -0.39 is 6.10 Å². The van der Waals surface area contributed by atoms with Crippen LogP contribution < -0.4 is 15.4 Å². The quantitative estimate of drug-likeness (QED) is 0.601. The van der Waals surface area contributed by atoms with E-state index in [1.807, 2.05) is 55.5 Å². The molecule has 1 unspecified atom stereocenters. The van der Waals surface area contributed by atoms with E-state index in [0.29, 0.717) is 37.6 Å². The first-order chi connectivity index (χ1) is 13.8. The lowest BCUT2D eigenvalue weighted by atomic mass is 10.0. The second kappa shape index (κ2) is 11.2. The molecule has 1 atom stereocenters. The summed E-state index contributed by atoms with van der Waals surface area (Å²) in [4.78, 5) is 24.1. The first-order valence-corrected chi connectivity index (χ1v) is 10.2. The summed E-state index contributed by atoms with van der Waals surface area (Å²) in [5.41, 5.74) is 3.58. The highest BCUT2D eigenvalue weighted by Crippen LogP contribution is 2.19. The van der Waals surface area contributed by atoms with E-state index in [4.69, 9.17) is 4.74 Å². The Morgan fingerprint density at radius 2 is 1.52 bits per heavy atom. The fraction of sp³-hybridized carbons (Fsp3) is 0.417. The van der Waals surface area contributed by atoms with Gasteiger partial charge in [0, 0.05) is 19.5 Å². The van der Waals surface area contributed by atoms with Crippen LogP contribution in [0.4, 0.5) is 0 Å². The third-order valence-electron chi connectivity index (χ3n) is 4.74. The molecule has 5 heteroatoms. The van der Waals surface area contributed by atoms with Crippen LogP contribution in [-0.4, -0.2) is 31.0 Å². The molecule has 0 aliphatic rings. The molecule has 2 N–H and O–H groups in total. The SMILES string of the molecule is Cc1ccc(CCC(=O)NCCNC(=O)C(C)Oc2ccc(C(C)C)cc2)cc1. The van der Waals surface area contributed by atoms with Gasteiger partial charge < -0.3 is 15.4 Å². The number of nitrogens with one attached hydrogen (secondary N) is 2. The maximum atomic E-state index is 12.2. The molecule has 0 aliphatic heterocycles. The Kier molecular flexibility index (Phi) is 8.71. The van der Waals surface area contributed by atoms with Gasteiger partial charge in [-0.1, -0.05) is 55.8 Å². The van der Waals surface area contributed by atoms with Crippen LogP contribution in [0.3, 0.4) is 0 Å². The highest BCUT2D eigenvalue weighted by Gasteiger charge is 2.14. The van der Waals surface area contributed by atoms with Crippen LogP contribution in [0.25, 0.3) is 0 Å². The summed E-state index contributed by atoms with van der Waals surface area (Å²) in [6.07, 6.45) is 0.541. The molecular weight excluding hydrogens is 364 g/mol. The van der Waals surface area contributed by atoms with Crippen molar-refractivity contribution in [1.82, 2.24) is 10.6 Å². The van der Waals surface area contributed by atoms with Gasteiger partial charge in [-0.3, -0.25) is 9.59 Å². The van der Waals surface area contributed by atoms with Crippen LogP contribution in [0.15, 0.2) is 48.5 Å². The molecule has 0 fully saturated rings. The number of ether oxygens (including phenoxy) is 1. The Bertz CT molecular complexity index is 783. The molecule has 0 heterocycles. The molecule has 0 aliphatic carbocycles. The number of hydrogen-bond acceptors (Lipinski definition) is 3. The number of benzene rings is 2. The molecule has 5 nitrogen and oxygen atoms in total. The first kappa shape index (κ1) is 22.5. The van der Waals surface area contributed by atoms with E-state index in [-0.39, 0.29) is 11.8 Å². The Balaban J connectivity index is 1.62. The number of amides is 2.